The molecule has 0 spiro atoms. The lowest BCUT2D eigenvalue weighted by molar-refractivity contribution is -0.152. The second kappa shape index (κ2) is 10.8. The van der Waals surface area contributed by atoms with E-state index >= 15 is 0 Å². The Morgan fingerprint density at radius 2 is 1.96 bits per heavy atom. The topological polar surface area (TPSA) is 122 Å². The van der Waals surface area contributed by atoms with Crippen LogP contribution in [0, 0.1) is 5.92 Å². The molecule has 2 aliphatic rings. The molecule has 0 bridgehead atoms. The molecule has 3 unspecified atom stereocenters. The molecule has 5 atom stereocenters. The SMILES string of the molecule is CCOC(=O)[C@H](CCCCN)N[C@@H](C)C(=O)N1C(C(=O)O)CC2CCCCC21. The number of carbonyl (C=O) groups excluding carboxylic acids is 2. The first kappa shape index (κ1) is 22.6. The van der Waals surface area contributed by atoms with Gasteiger partial charge in [-0.05, 0) is 58.4 Å². The van der Waals surface area contributed by atoms with Gasteiger partial charge < -0.3 is 20.5 Å². The van der Waals surface area contributed by atoms with Gasteiger partial charge in [-0.15, -0.1) is 0 Å². The van der Waals surface area contributed by atoms with Crippen LogP contribution in [0.5, 0.6) is 0 Å². The third-order valence-corrected chi connectivity index (χ3v) is 5.97. The van der Waals surface area contributed by atoms with Gasteiger partial charge in [-0.1, -0.05) is 19.3 Å². The van der Waals surface area contributed by atoms with E-state index in [0.717, 1.165) is 38.5 Å². The van der Waals surface area contributed by atoms with Crippen LogP contribution in [0.2, 0.25) is 0 Å². The second-order valence-electron chi connectivity index (χ2n) is 7.92. The summed E-state index contributed by atoms with van der Waals surface area (Å²) in [7, 11) is 0. The fourth-order valence-corrected chi connectivity index (χ4v) is 4.60. The van der Waals surface area contributed by atoms with Crippen molar-refractivity contribution in [2.75, 3.05) is 13.2 Å². The molecule has 0 radical (unpaired) electrons. The van der Waals surface area contributed by atoms with Gasteiger partial charge in [0, 0.05) is 6.04 Å². The Morgan fingerprint density at radius 1 is 1.25 bits per heavy atom. The Labute approximate surface area is 167 Å². The quantitative estimate of drug-likeness (QED) is 0.375. The van der Waals surface area contributed by atoms with Gasteiger partial charge in [0.05, 0.1) is 12.6 Å². The molecular formula is C20H35N3O5. The van der Waals surface area contributed by atoms with Gasteiger partial charge >= 0.3 is 11.9 Å². The third kappa shape index (κ3) is 5.44. The van der Waals surface area contributed by atoms with Crippen LogP contribution in [0.1, 0.15) is 65.2 Å². The number of likely N-dealkylation sites (tertiary alicyclic amines) is 1. The fourth-order valence-electron chi connectivity index (χ4n) is 4.60. The lowest BCUT2D eigenvalue weighted by Crippen LogP contribution is -2.55. The summed E-state index contributed by atoms with van der Waals surface area (Å²) in [5, 5.41) is 12.7. The summed E-state index contributed by atoms with van der Waals surface area (Å²) >= 11 is 0. The van der Waals surface area contributed by atoms with Crippen molar-refractivity contribution in [3.8, 4) is 0 Å². The Morgan fingerprint density at radius 3 is 2.61 bits per heavy atom. The summed E-state index contributed by atoms with van der Waals surface area (Å²) in [6.45, 7) is 4.26. The van der Waals surface area contributed by atoms with Gasteiger partial charge in [0.25, 0.3) is 0 Å². The number of nitrogens with two attached hydrogens (primary N) is 1. The molecule has 0 aromatic carbocycles. The monoisotopic (exact) mass is 397 g/mol. The molecule has 2 fully saturated rings. The molecule has 1 heterocycles. The minimum atomic E-state index is -0.945. The highest BCUT2D eigenvalue weighted by Gasteiger charge is 2.48. The van der Waals surface area contributed by atoms with Crippen LogP contribution >= 0.6 is 0 Å². The molecule has 8 nitrogen and oxygen atoms in total. The van der Waals surface area contributed by atoms with Crippen LogP contribution in [0.15, 0.2) is 0 Å². The van der Waals surface area contributed by atoms with Crippen LogP contribution in [-0.2, 0) is 19.1 Å². The van der Waals surface area contributed by atoms with Crippen LogP contribution in [-0.4, -0.2) is 65.2 Å². The molecular weight excluding hydrogens is 362 g/mol. The number of hydrogen-bond donors (Lipinski definition) is 3. The second-order valence-corrected chi connectivity index (χ2v) is 7.92. The summed E-state index contributed by atoms with van der Waals surface area (Å²) in [6.07, 6.45) is 6.53. The molecule has 1 aliphatic carbocycles. The maximum atomic E-state index is 13.2. The molecule has 2 rings (SSSR count). The highest BCUT2D eigenvalue weighted by molar-refractivity contribution is 5.88. The van der Waals surface area contributed by atoms with Crippen LogP contribution in [0.3, 0.4) is 0 Å². The fraction of sp³-hybridized carbons (Fsp3) is 0.850. The summed E-state index contributed by atoms with van der Waals surface area (Å²) in [5.41, 5.74) is 5.53. The van der Waals surface area contributed by atoms with Crippen molar-refractivity contribution in [3.05, 3.63) is 0 Å². The maximum Gasteiger partial charge on any atom is 0.326 e. The number of aliphatic carboxylic acids is 1. The zero-order valence-corrected chi connectivity index (χ0v) is 17.1. The van der Waals surface area contributed by atoms with Gasteiger partial charge in [0.2, 0.25) is 5.91 Å². The number of amides is 1. The number of unbranched alkanes of at least 4 members (excludes halogenated alkanes) is 1. The number of rotatable bonds is 10. The molecule has 4 N–H and O–H groups in total. The Kier molecular flexibility index (Phi) is 8.69. The van der Waals surface area contributed by atoms with Crippen molar-refractivity contribution in [1.82, 2.24) is 10.2 Å². The van der Waals surface area contributed by atoms with E-state index in [1.54, 1.807) is 18.7 Å². The summed E-state index contributed by atoms with van der Waals surface area (Å²) in [6, 6.07) is -2.04. The van der Waals surface area contributed by atoms with Gasteiger partial charge in [0.15, 0.2) is 0 Å². The van der Waals surface area contributed by atoms with Crippen molar-refractivity contribution in [3.63, 3.8) is 0 Å². The van der Waals surface area contributed by atoms with E-state index in [4.69, 9.17) is 10.5 Å². The highest BCUT2D eigenvalue weighted by atomic mass is 16.5. The molecule has 1 aliphatic heterocycles. The smallest absolute Gasteiger partial charge is 0.326 e. The average molecular weight is 398 g/mol. The predicted octanol–water partition coefficient (Wildman–Crippen LogP) is 1.27. The zero-order valence-electron chi connectivity index (χ0n) is 17.1. The third-order valence-electron chi connectivity index (χ3n) is 5.97. The molecule has 160 valence electrons. The molecule has 8 heteroatoms. The van der Waals surface area contributed by atoms with E-state index in [-0.39, 0.29) is 30.4 Å². The van der Waals surface area contributed by atoms with E-state index in [9.17, 15) is 19.5 Å². The lowest BCUT2D eigenvalue weighted by Gasteiger charge is -2.35. The minimum Gasteiger partial charge on any atom is -0.480 e. The number of nitrogens with one attached hydrogen (secondary N) is 1. The van der Waals surface area contributed by atoms with Gasteiger partial charge in [-0.2, -0.15) is 0 Å². The Balaban J connectivity index is 2.08. The van der Waals surface area contributed by atoms with Gasteiger partial charge in [-0.25, -0.2) is 4.79 Å². The van der Waals surface area contributed by atoms with Crippen molar-refractivity contribution >= 4 is 17.8 Å². The number of carboxylic acid groups (broad SMARTS) is 1. The number of nitrogens with zero attached hydrogens (tertiary/aromatic N) is 1. The molecule has 1 saturated heterocycles. The zero-order chi connectivity index (χ0) is 20.7. The van der Waals surface area contributed by atoms with Crippen LogP contribution < -0.4 is 11.1 Å². The summed E-state index contributed by atoms with van der Waals surface area (Å²) in [5.74, 6) is -1.31. The first-order chi connectivity index (χ1) is 13.4. The number of ether oxygens (including phenoxy) is 1. The largest absolute Gasteiger partial charge is 0.480 e. The van der Waals surface area contributed by atoms with E-state index in [1.807, 2.05) is 0 Å². The van der Waals surface area contributed by atoms with Gasteiger partial charge in [-0.3, -0.25) is 14.9 Å². The Bertz CT molecular complexity index is 556. The normalized spacial score (nSPS) is 26.4. The van der Waals surface area contributed by atoms with Crippen molar-refractivity contribution in [2.24, 2.45) is 11.7 Å². The number of carboxylic acids is 1. The van der Waals surface area contributed by atoms with Gasteiger partial charge in [0.1, 0.15) is 12.1 Å². The van der Waals surface area contributed by atoms with Crippen molar-refractivity contribution < 1.29 is 24.2 Å². The first-order valence-corrected chi connectivity index (χ1v) is 10.6. The predicted molar refractivity (Wildman–Crippen MR) is 105 cm³/mol. The van der Waals surface area contributed by atoms with E-state index in [0.29, 0.717) is 19.4 Å². The summed E-state index contributed by atoms with van der Waals surface area (Å²) < 4.78 is 5.13. The van der Waals surface area contributed by atoms with E-state index in [2.05, 4.69) is 5.32 Å². The lowest BCUT2D eigenvalue weighted by atomic mass is 9.84. The number of carbonyl (C=O) groups is 3. The number of hydrogen-bond acceptors (Lipinski definition) is 6. The van der Waals surface area contributed by atoms with Crippen LogP contribution in [0.4, 0.5) is 0 Å². The van der Waals surface area contributed by atoms with Crippen molar-refractivity contribution in [2.45, 2.75) is 89.4 Å². The Hall–Kier alpha value is -1.67. The number of fused-ring (bicyclic) bond motifs is 1. The molecule has 28 heavy (non-hydrogen) atoms. The standard InChI is InChI=1S/C20H35N3O5/c1-3-28-20(27)15(9-6-7-11-21)22-13(2)18(24)23-16-10-5-4-8-14(16)12-17(23)19(25)26/h13-17,22H,3-12,21H2,1-2H3,(H,25,26)/t13-,14?,15-,16?,17?/m0/s1. The highest BCUT2D eigenvalue weighted by Crippen LogP contribution is 2.40. The minimum absolute atomic E-state index is 0.00937. The van der Waals surface area contributed by atoms with Crippen LogP contribution in [0.25, 0.3) is 0 Å². The number of esters is 1. The van der Waals surface area contributed by atoms with Crippen molar-refractivity contribution in [1.29, 1.82) is 0 Å². The van der Waals surface area contributed by atoms with E-state index in [1.165, 1.54) is 0 Å². The molecule has 0 aromatic rings. The molecule has 1 saturated carbocycles. The molecule has 1 amide bonds. The van der Waals surface area contributed by atoms with E-state index < -0.39 is 24.1 Å². The summed E-state index contributed by atoms with van der Waals surface area (Å²) in [4.78, 5) is 38.8. The first-order valence-electron chi connectivity index (χ1n) is 10.6. The molecule has 0 aromatic heterocycles. The average Bonchev–Trinajstić information content (AvgIpc) is 3.06. The maximum absolute atomic E-state index is 13.2.